The molecule has 0 aliphatic rings. The van der Waals surface area contributed by atoms with Crippen molar-refractivity contribution in [2.45, 2.75) is 32.9 Å². The van der Waals surface area contributed by atoms with E-state index in [1.807, 2.05) is 74.9 Å². The molecule has 1 heterocycles. The number of urea groups is 1. The lowest BCUT2D eigenvalue weighted by Gasteiger charge is -2.18. The molecule has 8 nitrogen and oxygen atoms in total. The first-order valence-electron chi connectivity index (χ1n) is 10.1. The number of amides is 3. The third kappa shape index (κ3) is 5.09. The number of benzene rings is 2. The number of hydrogen-bond donors (Lipinski definition) is 3. The lowest BCUT2D eigenvalue weighted by atomic mass is 10.1. The van der Waals surface area contributed by atoms with Crippen LogP contribution in [0.4, 0.5) is 4.79 Å². The maximum atomic E-state index is 12.5. The molecule has 0 saturated carbocycles. The molecule has 0 aliphatic heterocycles. The molecule has 3 rings (SSSR count). The normalized spacial score (nSPS) is 11.8. The standard InChI is InChI=1S/C23H28N4O4/c1-14(2)31-20-11-10-16(12-21(20)30-5)15(3)24-23(29)26-25-22(28)18-13-27(4)19-9-7-6-8-17(18)19/h6-15H,1-5H3,(H,25,28)(H2,24,26,29). The number of ether oxygens (including phenoxy) is 2. The Morgan fingerprint density at radius 1 is 1.00 bits per heavy atom. The zero-order chi connectivity index (χ0) is 22.5. The van der Waals surface area contributed by atoms with Crippen molar-refractivity contribution in [1.29, 1.82) is 0 Å². The Labute approximate surface area is 181 Å². The van der Waals surface area contributed by atoms with Crippen LogP contribution in [-0.2, 0) is 7.05 Å². The maximum absolute atomic E-state index is 12.5. The quantitative estimate of drug-likeness (QED) is 0.526. The van der Waals surface area contributed by atoms with E-state index in [0.29, 0.717) is 17.1 Å². The molecular weight excluding hydrogens is 396 g/mol. The molecule has 0 aliphatic carbocycles. The van der Waals surface area contributed by atoms with E-state index in [4.69, 9.17) is 9.47 Å². The number of para-hydroxylation sites is 1. The van der Waals surface area contributed by atoms with Gasteiger partial charge in [-0.15, -0.1) is 0 Å². The van der Waals surface area contributed by atoms with Crippen LogP contribution in [0.25, 0.3) is 10.9 Å². The van der Waals surface area contributed by atoms with E-state index in [1.165, 1.54) is 0 Å². The Bertz CT molecular complexity index is 1090. The van der Waals surface area contributed by atoms with Crippen LogP contribution in [-0.4, -0.2) is 29.7 Å². The molecule has 0 saturated heterocycles. The molecule has 1 aromatic heterocycles. The van der Waals surface area contributed by atoms with Gasteiger partial charge in [0.1, 0.15) is 0 Å². The lowest BCUT2D eigenvalue weighted by molar-refractivity contribution is 0.0937. The Morgan fingerprint density at radius 3 is 2.45 bits per heavy atom. The summed E-state index contributed by atoms with van der Waals surface area (Å²) in [5.74, 6) is 0.834. The lowest BCUT2D eigenvalue weighted by Crippen LogP contribution is -2.47. The SMILES string of the molecule is COc1cc(C(C)NC(=O)NNC(=O)c2cn(C)c3ccccc23)ccc1OC(C)C. The molecule has 2 aromatic carbocycles. The van der Waals surface area contributed by atoms with Crippen molar-refractivity contribution in [3.05, 3.63) is 59.8 Å². The minimum absolute atomic E-state index is 0.0198. The number of hydrogen-bond acceptors (Lipinski definition) is 4. The molecule has 0 bridgehead atoms. The van der Waals surface area contributed by atoms with E-state index in [-0.39, 0.29) is 12.1 Å². The number of carbonyl (C=O) groups is 2. The van der Waals surface area contributed by atoms with Gasteiger partial charge in [0.15, 0.2) is 11.5 Å². The highest BCUT2D eigenvalue weighted by Crippen LogP contribution is 2.31. The van der Waals surface area contributed by atoms with Gasteiger partial charge in [-0.25, -0.2) is 10.2 Å². The monoisotopic (exact) mass is 424 g/mol. The Balaban J connectivity index is 1.61. The van der Waals surface area contributed by atoms with E-state index >= 15 is 0 Å². The number of fused-ring (bicyclic) bond motifs is 1. The van der Waals surface area contributed by atoms with Crippen molar-refractivity contribution in [2.75, 3.05) is 7.11 Å². The van der Waals surface area contributed by atoms with Gasteiger partial charge < -0.3 is 19.4 Å². The van der Waals surface area contributed by atoms with Crippen LogP contribution < -0.4 is 25.6 Å². The van der Waals surface area contributed by atoms with Gasteiger partial charge in [-0.05, 0) is 44.5 Å². The Kier molecular flexibility index (Phi) is 6.69. The predicted octanol–water partition coefficient (Wildman–Crippen LogP) is 3.68. The molecule has 3 N–H and O–H groups in total. The molecule has 3 aromatic rings. The van der Waals surface area contributed by atoms with Crippen molar-refractivity contribution in [2.24, 2.45) is 7.05 Å². The van der Waals surface area contributed by atoms with Gasteiger partial charge in [-0.3, -0.25) is 10.2 Å². The van der Waals surface area contributed by atoms with Gasteiger partial charge in [0.05, 0.1) is 24.8 Å². The van der Waals surface area contributed by atoms with Crippen LogP contribution in [0.1, 0.15) is 42.7 Å². The summed E-state index contributed by atoms with van der Waals surface area (Å²) in [6.07, 6.45) is 1.75. The number of nitrogens with one attached hydrogen (secondary N) is 3. The largest absolute Gasteiger partial charge is 0.493 e. The fraction of sp³-hybridized carbons (Fsp3) is 0.304. The van der Waals surface area contributed by atoms with Crippen molar-refractivity contribution in [3.63, 3.8) is 0 Å². The number of rotatable bonds is 6. The van der Waals surface area contributed by atoms with E-state index in [2.05, 4.69) is 16.2 Å². The van der Waals surface area contributed by atoms with Crippen LogP contribution >= 0.6 is 0 Å². The van der Waals surface area contributed by atoms with Gasteiger partial charge in [0.25, 0.3) is 5.91 Å². The first kappa shape index (κ1) is 22.0. The average Bonchev–Trinajstić information content (AvgIpc) is 3.08. The number of nitrogens with zero attached hydrogens (tertiary/aromatic N) is 1. The van der Waals surface area contributed by atoms with Crippen LogP contribution in [0, 0.1) is 0 Å². The fourth-order valence-corrected chi connectivity index (χ4v) is 3.32. The molecular formula is C23H28N4O4. The molecule has 0 spiro atoms. The summed E-state index contributed by atoms with van der Waals surface area (Å²) in [5.41, 5.74) is 7.12. The molecule has 1 unspecified atom stereocenters. The molecule has 31 heavy (non-hydrogen) atoms. The van der Waals surface area contributed by atoms with Crippen LogP contribution in [0.3, 0.4) is 0 Å². The van der Waals surface area contributed by atoms with Crippen LogP contribution in [0.2, 0.25) is 0 Å². The summed E-state index contributed by atoms with van der Waals surface area (Å²) in [7, 11) is 3.44. The molecule has 0 fully saturated rings. The Hall–Kier alpha value is -3.68. The molecule has 0 radical (unpaired) electrons. The van der Waals surface area contributed by atoms with Gasteiger partial charge in [0, 0.05) is 24.1 Å². The van der Waals surface area contributed by atoms with Crippen molar-refractivity contribution in [3.8, 4) is 11.5 Å². The second kappa shape index (κ2) is 9.42. The fourth-order valence-electron chi connectivity index (χ4n) is 3.32. The smallest absolute Gasteiger partial charge is 0.333 e. The predicted molar refractivity (Wildman–Crippen MR) is 119 cm³/mol. The summed E-state index contributed by atoms with van der Waals surface area (Å²) >= 11 is 0. The average molecular weight is 425 g/mol. The highest BCUT2D eigenvalue weighted by molar-refractivity contribution is 6.07. The highest BCUT2D eigenvalue weighted by atomic mass is 16.5. The maximum Gasteiger partial charge on any atom is 0.333 e. The van der Waals surface area contributed by atoms with Crippen LogP contribution in [0.15, 0.2) is 48.7 Å². The summed E-state index contributed by atoms with van der Waals surface area (Å²) in [5, 5.41) is 3.60. The van der Waals surface area contributed by atoms with Gasteiger partial charge in [0.2, 0.25) is 0 Å². The van der Waals surface area contributed by atoms with E-state index in [9.17, 15) is 9.59 Å². The van der Waals surface area contributed by atoms with E-state index in [0.717, 1.165) is 16.5 Å². The zero-order valence-electron chi connectivity index (χ0n) is 18.4. The molecule has 1 atom stereocenters. The number of methoxy groups -OCH3 is 1. The van der Waals surface area contributed by atoms with Gasteiger partial charge >= 0.3 is 6.03 Å². The number of aryl methyl sites for hydroxylation is 1. The molecule has 3 amide bonds. The van der Waals surface area contributed by atoms with E-state index in [1.54, 1.807) is 13.3 Å². The topological polar surface area (TPSA) is 93.6 Å². The zero-order valence-corrected chi connectivity index (χ0v) is 18.4. The summed E-state index contributed by atoms with van der Waals surface area (Å²) in [6.45, 7) is 5.71. The minimum Gasteiger partial charge on any atom is -0.493 e. The summed E-state index contributed by atoms with van der Waals surface area (Å²) < 4.78 is 13.0. The third-order valence-electron chi connectivity index (χ3n) is 4.83. The number of hydrazine groups is 1. The summed E-state index contributed by atoms with van der Waals surface area (Å²) in [6, 6.07) is 12.2. The molecule has 164 valence electrons. The minimum atomic E-state index is -0.525. The number of carbonyl (C=O) groups excluding carboxylic acids is 2. The van der Waals surface area contributed by atoms with Gasteiger partial charge in [-0.1, -0.05) is 24.3 Å². The summed E-state index contributed by atoms with van der Waals surface area (Å²) in [4.78, 5) is 24.8. The third-order valence-corrected chi connectivity index (χ3v) is 4.83. The molecule has 8 heteroatoms. The Morgan fingerprint density at radius 2 is 1.74 bits per heavy atom. The highest BCUT2D eigenvalue weighted by Gasteiger charge is 2.16. The van der Waals surface area contributed by atoms with E-state index < -0.39 is 11.9 Å². The number of aromatic nitrogens is 1. The first-order chi connectivity index (χ1) is 14.8. The van der Waals surface area contributed by atoms with Crippen molar-refractivity contribution >= 4 is 22.8 Å². The van der Waals surface area contributed by atoms with Gasteiger partial charge in [-0.2, -0.15) is 0 Å². The van der Waals surface area contributed by atoms with Crippen molar-refractivity contribution in [1.82, 2.24) is 20.7 Å². The van der Waals surface area contributed by atoms with Crippen molar-refractivity contribution < 1.29 is 19.1 Å². The second-order valence-corrected chi connectivity index (χ2v) is 7.52. The van der Waals surface area contributed by atoms with Crippen LogP contribution in [0.5, 0.6) is 11.5 Å². The first-order valence-corrected chi connectivity index (χ1v) is 10.1. The second-order valence-electron chi connectivity index (χ2n) is 7.52.